The summed E-state index contributed by atoms with van der Waals surface area (Å²) in [5, 5.41) is 0. The molecule has 3 aromatic carbocycles. The molecule has 7 nitrogen and oxygen atoms in total. The van der Waals surface area contributed by atoms with Crippen LogP contribution in [0.4, 0.5) is 24.5 Å². The van der Waals surface area contributed by atoms with Crippen LogP contribution in [-0.4, -0.2) is 66.4 Å². The van der Waals surface area contributed by atoms with E-state index >= 15 is 0 Å². The van der Waals surface area contributed by atoms with Gasteiger partial charge in [0, 0.05) is 90.0 Å². The van der Waals surface area contributed by atoms with Gasteiger partial charge in [0.05, 0.1) is 5.56 Å². The first-order valence-corrected chi connectivity index (χ1v) is 15.8. The summed E-state index contributed by atoms with van der Waals surface area (Å²) in [5.74, 6) is -0.190. The number of benzene rings is 3. The summed E-state index contributed by atoms with van der Waals surface area (Å²) in [6.07, 6.45) is -0.0898. The fraction of sp³-hybridized carbons (Fsp3) is 0.324. The number of fused-ring (bicyclic) bond motifs is 1. The second-order valence-corrected chi connectivity index (χ2v) is 11.9. The van der Waals surface area contributed by atoms with Gasteiger partial charge in [-0.2, -0.15) is 13.2 Å². The molecule has 4 aromatic rings. The molecule has 1 aliphatic heterocycles. The predicted molar refractivity (Wildman–Crippen MR) is 179 cm³/mol. The van der Waals surface area contributed by atoms with Gasteiger partial charge in [-0.3, -0.25) is 19.5 Å². The molecular weight excluding hydrogens is 603 g/mol. The van der Waals surface area contributed by atoms with E-state index in [9.17, 15) is 22.8 Å². The highest BCUT2D eigenvalue weighted by molar-refractivity contribution is 5.93. The van der Waals surface area contributed by atoms with Crippen LogP contribution in [0.15, 0.2) is 97.3 Å². The number of anilines is 2. The molecule has 2 heterocycles. The number of alkyl halides is 3. The van der Waals surface area contributed by atoms with Crippen LogP contribution < -0.4 is 9.80 Å². The molecule has 0 N–H and O–H groups in total. The van der Waals surface area contributed by atoms with Crippen molar-refractivity contribution in [2.45, 2.75) is 39.0 Å². The Morgan fingerprint density at radius 2 is 1.68 bits per heavy atom. The molecule has 0 radical (unpaired) electrons. The fourth-order valence-corrected chi connectivity index (χ4v) is 5.93. The average Bonchev–Trinajstić information content (AvgIpc) is 3.10. The monoisotopic (exact) mass is 643 g/mol. The van der Waals surface area contributed by atoms with E-state index in [1.807, 2.05) is 53.4 Å². The van der Waals surface area contributed by atoms with Gasteiger partial charge in [0.1, 0.15) is 0 Å². The lowest BCUT2D eigenvalue weighted by Gasteiger charge is -2.29. The molecule has 1 aliphatic rings. The zero-order valence-electron chi connectivity index (χ0n) is 26.8. The first kappa shape index (κ1) is 33.7. The number of carbonyl (C=O) groups is 2. The van der Waals surface area contributed by atoms with E-state index in [2.05, 4.69) is 22.0 Å². The van der Waals surface area contributed by atoms with Crippen LogP contribution in [0, 0.1) is 0 Å². The van der Waals surface area contributed by atoms with Gasteiger partial charge in [0.2, 0.25) is 11.8 Å². The molecule has 0 saturated heterocycles. The van der Waals surface area contributed by atoms with Gasteiger partial charge in [0.25, 0.3) is 0 Å². The summed E-state index contributed by atoms with van der Waals surface area (Å²) in [6, 6.07) is 25.1. The van der Waals surface area contributed by atoms with Gasteiger partial charge in [-0.25, -0.2) is 0 Å². The molecule has 0 fully saturated rings. The highest BCUT2D eigenvalue weighted by Gasteiger charge is 2.31. The lowest BCUT2D eigenvalue weighted by molar-refractivity contribution is -0.137. The molecule has 0 spiro atoms. The van der Waals surface area contributed by atoms with E-state index < -0.39 is 11.7 Å². The Morgan fingerprint density at radius 1 is 0.872 bits per heavy atom. The van der Waals surface area contributed by atoms with E-state index in [1.54, 1.807) is 42.2 Å². The highest BCUT2D eigenvalue weighted by atomic mass is 19.4. The van der Waals surface area contributed by atoms with Crippen molar-refractivity contribution in [2.75, 3.05) is 49.6 Å². The topological polar surface area (TPSA) is 60.0 Å². The number of halogens is 3. The molecule has 0 bridgehead atoms. The third-order valence-corrected chi connectivity index (χ3v) is 8.53. The number of aromatic nitrogens is 1. The normalized spacial score (nSPS) is 14.7. The Labute approximate surface area is 274 Å². The van der Waals surface area contributed by atoms with Crippen LogP contribution in [-0.2, 0) is 28.9 Å². The second kappa shape index (κ2) is 15.3. The number of rotatable bonds is 7. The molecule has 5 rings (SSSR count). The zero-order chi connectivity index (χ0) is 33.4. The van der Waals surface area contributed by atoms with Crippen molar-refractivity contribution in [3.63, 3.8) is 0 Å². The van der Waals surface area contributed by atoms with Gasteiger partial charge < -0.3 is 14.7 Å². The largest absolute Gasteiger partial charge is 0.416 e. The minimum absolute atomic E-state index is 0.0742. The van der Waals surface area contributed by atoms with Gasteiger partial charge in [-0.1, -0.05) is 48.5 Å². The number of amides is 2. The quantitative estimate of drug-likeness (QED) is 0.220. The number of carbonyl (C=O) groups excluding carboxylic acids is 2. The van der Waals surface area contributed by atoms with Gasteiger partial charge in [-0.15, -0.1) is 0 Å². The van der Waals surface area contributed by atoms with Crippen LogP contribution in [0.1, 0.15) is 36.5 Å². The van der Waals surface area contributed by atoms with Crippen molar-refractivity contribution in [1.29, 1.82) is 0 Å². The molecule has 0 atom stereocenters. The van der Waals surface area contributed by atoms with Gasteiger partial charge >= 0.3 is 6.18 Å². The third kappa shape index (κ3) is 8.98. The zero-order valence-corrected chi connectivity index (χ0v) is 26.8. The predicted octanol–water partition coefficient (Wildman–Crippen LogP) is 6.88. The SMILES string of the molecule is CC(=O)N1CCCN(Cc2ccccc2)CCN(C(=O)CCN(C)c2cccc(C(F)(F)F)c2)Cc2cc(-c3cccnc3)ccc21. The van der Waals surface area contributed by atoms with Crippen molar-refractivity contribution < 1.29 is 22.8 Å². The number of hydrogen-bond donors (Lipinski definition) is 0. The Bertz CT molecular complexity index is 1650. The van der Waals surface area contributed by atoms with E-state index in [1.165, 1.54) is 6.07 Å². The summed E-state index contributed by atoms with van der Waals surface area (Å²) in [4.78, 5) is 38.8. The molecule has 47 heavy (non-hydrogen) atoms. The third-order valence-electron chi connectivity index (χ3n) is 8.53. The van der Waals surface area contributed by atoms with Crippen molar-refractivity contribution in [2.24, 2.45) is 0 Å². The first-order valence-electron chi connectivity index (χ1n) is 15.8. The Kier molecular flexibility index (Phi) is 10.9. The molecule has 2 amide bonds. The minimum Gasteiger partial charge on any atom is -0.374 e. The number of hydrogen-bond acceptors (Lipinski definition) is 5. The lowest BCUT2D eigenvalue weighted by Crippen LogP contribution is -2.39. The summed E-state index contributed by atoms with van der Waals surface area (Å²) >= 11 is 0. The minimum atomic E-state index is -4.45. The molecule has 1 aromatic heterocycles. The van der Waals surface area contributed by atoms with Crippen LogP contribution in [0.3, 0.4) is 0 Å². The maximum absolute atomic E-state index is 14.0. The smallest absolute Gasteiger partial charge is 0.374 e. The van der Waals surface area contributed by atoms with E-state index in [-0.39, 0.29) is 31.3 Å². The number of pyridine rings is 1. The van der Waals surface area contributed by atoms with Crippen LogP contribution >= 0.6 is 0 Å². The van der Waals surface area contributed by atoms with E-state index in [4.69, 9.17) is 0 Å². The molecule has 0 saturated carbocycles. The Hall–Kier alpha value is -4.70. The Morgan fingerprint density at radius 3 is 2.40 bits per heavy atom. The molecule has 0 aliphatic carbocycles. The van der Waals surface area contributed by atoms with Crippen molar-refractivity contribution in [3.8, 4) is 11.1 Å². The summed E-state index contributed by atoms with van der Waals surface area (Å²) in [7, 11) is 1.69. The summed E-state index contributed by atoms with van der Waals surface area (Å²) in [5.41, 5.74) is 4.29. The van der Waals surface area contributed by atoms with Crippen molar-refractivity contribution in [3.05, 3.63) is 114 Å². The van der Waals surface area contributed by atoms with Crippen molar-refractivity contribution in [1.82, 2.24) is 14.8 Å². The van der Waals surface area contributed by atoms with E-state index in [0.717, 1.165) is 53.0 Å². The summed E-state index contributed by atoms with van der Waals surface area (Å²) < 4.78 is 40.0. The molecule has 246 valence electrons. The average molecular weight is 644 g/mol. The van der Waals surface area contributed by atoms with Crippen molar-refractivity contribution >= 4 is 23.2 Å². The lowest BCUT2D eigenvalue weighted by atomic mass is 10.0. The summed E-state index contributed by atoms with van der Waals surface area (Å²) in [6.45, 7) is 5.14. The van der Waals surface area contributed by atoms with Crippen LogP contribution in [0.2, 0.25) is 0 Å². The standard InChI is InChI=1S/C37H40F3N5O2/c1-28(46)45-19-8-18-43(26-29-9-4-3-5-10-29)21-22-44(27-32-23-30(14-15-35(32)45)31-11-7-17-41-25-31)36(47)16-20-42(2)34-13-6-12-33(24-34)37(38,39)40/h3-7,9-15,17,23-25H,8,16,18-22,26-27H2,1-2H3. The first-order chi connectivity index (χ1) is 22.6. The van der Waals surface area contributed by atoms with Gasteiger partial charge in [-0.05, 0) is 65.1 Å². The highest BCUT2D eigenvalue weighted by Crippen LogP contribution is 2.32. The maximum Gasteiger partial charge on any atom is 0.416 e. The second-order valence-electron chi connectivity index (χ2n) is 11.9. The molecule has 10 heteroatoms. The van der Waals surface area contributed by atoms with E-state index in [0.29, 0.717) is 31.9 Å². The number of nitrogens with zero attached hydrogens (tertiary/aromatic N) is 5. The van der Waals surface area contributed by atoms with Gasteiger partial charge in [0.15, 0.2) is 0 Å². The van der Waals surface area contributed by atoms with Crippen LogP contribution in [0.5, 0.6) is 0 Å². The fourth-order valence-electron chi connectivity index (χ4n) is 5.93. The molecule has 0 unspecified atom stereocenters. The Balaban J connectivity index is 1.43. The maximum atomic E-state index is 14.0. The van der Waals surface area contributed by atoms with Crippen LogP contribution in [0.25, 0.3) is 11.1 Å². The molecular formula is C37H40F3N5O2.